The minimum absolute atomic E-state index is 0.181. The summed E-state index contributed by atoms with van der Waals surface area (Å²) in [6, 6.07) is 10.9. The van der Waals surface area contributed by atoms with E-state index in [1.807, 2.05) is 12.4 Å². The fraction of sp³-hybridized carbons (Fsp3) is 0.438. The van der Waals surface area contributed by atoms with E-state index in [1.165, 1.54) is 18.4 Å². The molecule has 3 N–H and O–H groups in total. The Bertz CT molecular complexity index is 557. The zero-order chi connectivity index (χ0) is 14.0. The van der Waals surface area contributed by atoms with E-state index < -0.39 is 0 Å². The first-order valence-corrected chi connectivity index (χ1v) is 7.32. The lowest BCUT2D eigenvalue weighted by Crippen LogP contribution is -2.46. The quantitative estimate of drug-likeness (QED) is 0.623. The highest BCUT2D eigenvalue weighted by atomic mass is 15.2. The number of nitrogens with two attached hydrogens (primary N) is 1. The van der Waals surface area contributed by atoms with E-state index in [4.69, 9.17) is 5.84 Å². The average Bonchev–Trinajstić information content (AvgIpc) is 3.19. The van der Waals surface area contributed by atoms with Gasteiger partial charge < -0.3 is 4.57 Å². The van der Waals surface area contributed by atoms with Crippen molar-refractivity contribution in [3.8, 4) is 0 Å². The minimum atomic E-state index is 0.181. The highest BCUT2D eigenvalue weighted by Gasteiger charge is 2.50. The van der Waals surface area contributed by atoms with Crippen molar-refractivity contribution in [2.24, 2.45) is 5.84 Å². The predicted octanol–water partition coefficient (Wildman–Crippen LogP) is 2.01. The van der Waals surface area contributed by atoms with Gasteiger partial charge in [0.15, 0.2) is 0 Å². The third-order valence-corrected chi connectivity index (χ3v) is 4.53. The van der Waals surface area contributed by atoms with Crippen molar-refractivity contribution < 1.29 is 0 Å². The molecule has 1 aromatic carbocycles. The maximum atomic E-state index is 5.86. The van der Waals surface area contributed by atoms with E-state index in [9.17, 15) is 0 Å². The number of nitrogens with zero attached hydrogens (tertiary/aromatic N) is 2. The molecule has 1 unspecified atom stereocenters. The van der Waals surface area contributed by atoms with Crippen molar-refractivity contribution in [1.29, 1.82) is 0 Å². The molecule has 4 heteroatoms. The monoisotopic (exact) mass is 270 g/mol. The van der Waals surface area contributed by atoms with Crippen LogP contribution >= 0.6 is 0 Å². The molecular formula is C16H22N4. The van der Waals surface area contributed by atoms with Crippen molar-refractivity contribution in [2.75, 3.05) is 0 Å². The summed E-state index contributed by atoms with van der Waals surface area (Å²) >= 11 is 0. The Hall–Kier alpha value is -1.65. The molecule has 0 radical (unpaired) electrons. The summed E-state index contributed by atoms with van der Waals surface area (Å²) in [5.74, 6) is 6.97. The molecule has 0 amide bonds. The second-order valence-corrected chi connectivity index (χ2v) is 5.58. The van der Waals surface area contributed by atoms with Gasteiger partial charge in [0.2, 0.25) is 0 Å². The van der Waals surface area contributed by atoms with E-state index in [-0.39, 0.29) is 11.5 Å². The van der Waals surface area contributed by atoms with E-state index in [0.717, 1.165) is 18.8 Å². The molecule has 1 aliphatic carbocycles. The van der Waals surface area contributed by atoms with Gasteiger partial charge in [-0.15, -0.1) is 0 Å². The van der Waals surface area contributed by atoms with E-state index >= 15 is 0 Å². The molecule has 1 atom stereocenters. The fourth-order valence-electron chi connectivity index (χ4n) is 3.16. The lowest BCUT2D eigenvalue weighted by molar-refractivity contribution is 0.408. The Morgan fingerprint density at radius 3 is 2.70 bits per heavy atom. The van der Waals surface area contributed by atoms with Gasteiger partial charge in [-0.3, -0.25) is 11.3 Å². The molecule has 0 bridgehead atoms. The molecule has 0 spiro atoms. The van der Waals surface area contributed by atoms with E-state index in [1.54, 1.807) is 0 Å². The van der Waals surface area contributed by atoms with Crippen LogP contribution in [0, 0.1) is 0 Å². The lowest BCUT2D eigenvalue weighted by atomic mass is 9.86. The molecule has 1 fully saturated rings. The van der Waals surface area contributed by atoms with E-state index in [2.05, 4.69) is 52.2 Å². The van der Waals surface area contributed by atoms with Crippen molar-refractivity contribution in [1.82, 2.24) is 15.0 Å². The minimum Gasteiger partial charge on any atom is -0.335 e. The topological polar surface area (TPSA) is 55.9 Å². The summed E-state index contributed by atoms with van der Waals surface area (Å²) in [6.07, 6.45) is 7.16. The number of nitrogens with one attached hydrogen (secondary N) is 1. The zero-order valence-electron chi connectivity index (χ0n) is 11.9. The number of benzene rings is 1. The summed E-state index contributed by atoms with van der Waals surface area (Å²) in [4.78, 5) is 4.48. The van der Waals surface area contributed by atoms with Crippen molar-refractivity contribution in [3.63, 3.8) is 0 Å². The fourth-order valence-corrected chi connectivity index (χ4v) is 3.16. The Morgan fingerprint density at radius 1 is 1.35 bits per heavy atom. The Labute approximate surface area is 120 Å². The van der Waals surface area contributed by atoms with Crippen molar-refractivity contribution >= 4 is 0 Å². The van der Waals surface area contributed by atoms with Crippen LogP contribution in [-0.2, 0) is 18.4 Å². The molecule has 0 aliphatic heterocycles. The highest BCUT2D eigenvalue weighted by Crippen LogP contribution is 2.51. The molecule has 4 nitrogen and oxygen atoms in total. The van der Waals surface area contributed by atoms with Crippen LogP contribution in [-0.4, -0.2) is 15.6 Å². The number of rotatable bonds is 6. The molecule has 3 rings (SSSR count). The number of aryl methyl sites for hydroxylation is 1. The maximum absolute atomic E-state index is 5.86. The Balaban J connectivity index is 1.84. The Morgan fingerprint density at radius 2 is 2.10 bits per heavy atom. The first-order valence-electron chi connectivity index (χ1n) is 7.32. The number of aromatic nitrogens is 2. The highest BCUT2D eigenvalue weighted by molar-refractivity contribution is 5.34. The van der Waals surface area contributed by atoms with Gasteiger partial charge >= 0.3 is 0 Å². The van der Waals surface area contributed by atoms with Gasteiger partial charge in [-0.2, -0.15) is 0 Å². The van der Waals surface area contributed by atoms with Gasteiger partial charge in [0.1, 0.15) is 5.82 Å². The van der Waals surface area contributed by atoms with Crippen molar-refractivity contribution in [3.05, 3.63) is 54.1 Å². The third-order valence-electron chi connectivity index (χ3n) is 4.53. The molecule has 0 saturated heterocycles. The van der Waals surface area contributed by atoms with Crippen LogP contribution < -0.4 is 11.3 Å². The Kier molecular flexibility index (Phi) is 3.59. The lowest BCUT2D eigenvalue weighted by Gasteiger charge is -2.27. The van der Waals surface area contributed by atoms with Crippen LogP contribution in [0.2, 0.25) is 0 Å². The normalized spacial score (nSPS) is 17.9. The first kappa shape index (κ1) is 13.3. The smallest absolute Gasteiger partial charge is 0.110 e. The van der Waals surface area contributed by atoms with Gasteiger partial charge in [-0.25, -0.2) is 4.98 Å². The van der Waals surface area contributed by atoms with Crippen LogP contribution in [0.1, 0.15) is 31.2 Å². The maximum Gasteiger partial charge on any atom is 0.110 e. The zero-order valence-corrected chi connectivity index (χ0v) is 11.9. The molecule has 1 saturated carbocycles. The van der Waals surface area contributed by atoms with Crippen LogP contribution in [0.3, 0.4) is 0 Å². The van der Waals surface area contributed by atoms with Crippen LogP contribution in [0.4, 0.5) is 0 Å². The molecule has 2 aromatic rings. The molecule has 1 aromatic heterocycles. The first-order chi connectivity index (χ1) is 9.80. The SMILES string of the molecule is CCn1ccnc1CC(NN)C1(c2ccccc2)CC1. The summed E-state index contributed by atoms with van der Waals surface area (Å²) < 4.78 is 2.19. The molecule has 1 heterocycles. The largest absolute Gasteiger partial charge is 0.335 e. The standard InChI is InChI=1S/C16H22N4/c1-2-20-11-10-18-15(20)12-14(19-17)16(8-9-16)13-6-4-3-5-7-13/h3-7,10-11,14,19H,2,8-9,12,17H2,1H3. The third kappa shape index (κ3) is 2.25. The second kappa shape index (κ2) is 5.38. The van der Waals surface area contributed by atoms with Crippen LogP contribution in [0.5, 0.6) is 0 Å². The van der Waals surface area contributed by atoms with Crippen LogP contribution in [0.15, 0.2) is 42.7 Å². The molecule has 1 aliphatic rings. The summed E-state index contributed by atoms with van der Waals surface area (Å²) in [5.41, 5.74) is 4.61. The summed E-state index contributed by atoms with van der Waals surface area (Å²) in [7, 11) is 0. The summed E-state index contributed by atoms with van der Waals surface area (Å²) in [6.45, 7) is 3.09. The van der Waals surface area contributed by atoms with E-state index in [0.29, 0.717) is 0 Å². The van der Waals surface area contributed by atoms with Gasteiger partial charge in [0, 0.05) is 36.8 Å². The molecular weight excluding hydrogens is 248 g/mol. The summed E-state index contributed by atoms with van der Waals surface area (Å²) in [5, 5.41) is 0. The van der Waals surface area contributed by atoms with Gasteiger partial charge in [0.05, 0.1) is 0 Å². The number of hydrogen-bond acceptors (Lipinski definition) is 3. The number of hydrogen-bond donors (Lipinski definition) is 2. The van der Waals surface area contributed by atoms with Crippen LogP contribution in [0.25, 0.3) is 0 Å². The van der Waals surface area contributed by atoms with Gasteiger partial charge in [-0.1, -0.05) is 30.3 Å². The van der Waals surface area contributed by atoms with Crippen molar-refractivity contribution in [2.45, 2.75) is 44.2 Å². The molecule has 20 heavy (non-hydrogen) atoms. The molecule has 106 valence electrons. The number of hydrazine groups is 1. The predicted molar refractivity (Wildman–Crippen MR) is 80.1 cm³/mol. The average molecular weight is 270 g/mol. The second-order valence-electron chi connectivity index (χ2n) is 5.58. The number of imidazole rings is 1. The van der Waals surface area contributed by atoms with Gasteiger partial charge in [0.25, 0.3) is 0 Å². The van der Waals surface area contributed by atoms with Gasteiger partial charge in [-0.05, 0) is 25.3 Å².